The van der Waals surface area contributed by atoms with Crippen LogP contribution in [0.25, 0.3) is 0 Å². The van der Waals surface area contributed by atoms with E-state index >= 15 is 0 Å². The average molecular weight is 464 g/mol. The van der Waals surface area contributed by atoms with Crippen LogP contribution in [-0.2, 0) is 16.5 Å². The summed E-state index contributed by atoms with van der Waals surface area (Å²) in [6.45, 7) is 0. The maximum Gasteiger partial charge on any atom is 0.155 e. The van der Waals surface area contributed by atoms with Gasteiger partial charge in [-0.15, -0.1) is 0 Å². The van der Waals surface area contributed by atoms with Crippen molar-refractivity contribution in [1.82, 2.24) is 0 Å². The molecule has 1 nitrogen and oxygen atoms in total. The minimum Gasteiger partial charge on any atom is -0.505 e. The number of halogens is 5. The van der Waals surface area contributed by atoms with Crippen molar-refractivity contribution < 1.29 is 57.2 Å². The molecule has 79 valence electrons. The first kappa shape index (κ1) is 18.5. The van der Waals surface area contributed by atoms with Crippen LogP contribution >= 0.6 is 58.0 Å². The van der Waals surface area contributed by atoms with Crippen LogP contribution in [0.2, 0.25) is 25.1 Å². The van der Waals surface area contributed by atoms with Gasteiger partial charge in [-0.05, 0) is 0 Å². The Hall–Kier alpha value is 2.16. The van der Waals surface area contributed by atoms with Gasteiger partial charge >= 0.3 is 0 Å². The van der Waals surface area contributed by atoms with Gasteiger partial charge in [-0.1, -0.05) is 58.0 Å². The van der Waals surface area contributed by atoms with Crippen LogP contribution in [0.3, 0.4) is 0 Å². The Balaban J connectivity index is 0. The van der Waals surface area contributed by atoms with Crippen LogP contribution in [0.4, 0.5) is 0 Å². The molecule has 1 rings (SSSR count). The van der Waals surface area contributed by atoms with Crippen molar-refractivity contribution in [2.24, 2.45) is 0 Å². The van der Waals surface area contributed by atoms with Crippen LogP contribution in [-0.4, -0.2) is 5.11 Å². The molecule has 0 aliphatic heterocycles. The molecule has 0 heterocycles. The fourth-order valence-electron chi connectivity index (χ4n) is 0.593. The van der Waals surface area contributed by atoms with E-state index in [9.17, 15) is 5.11 Å². The second-order valence-electron chi connectivity index (χ2n) is 1.92. The quantitative estimate of drug-likeness (QED) is 0.337. The van der Waals surface area contributed by atoms with E-state index in [1.54, 1.807) is 0 Å². The number of benzene rings is 1. The van der Waals surface area contributed by atoms with Crippen molar-refractivity contribution in [2.75, 3.05) is 0 Å². The van der Waals surface area contributed by atoms with Crippen LogP contribution < -0.4 is 0 Å². The second kappa shape index (κ2) is 7.48. The van der Waals surface area contributed by atoms with E-state index in [0.717, 1.165) is 0 Å². The summed E-state index contributed by atoms with van der Waals surface area (Å²) in [5.74, 6) is -0.363. The predicted molar refractivity (Wildman–Crippen MR) is 53.2 cm³/mol. The molecule has 0 aliphatic carbocycles. The van der Waals surface area contributed by atoms with E-state index in [1.165, 1.54) is 0 Å². The zero-order valence-corrected chi connectivity index (χ0v) is 14.6. The van der Waals surface area contributed by atoms with Crippen molar-refractivity contribution in [3.05, 3.63) is 25.1 Å². The summed E-state index contributed by atoms with van der Waals surface area (Å²) in [6.07, 6.45) is 0. The topological polar surface area (TPSA) is 20.2 Å². The van der Waals surface area contributed by atoms with Gasteiger partial charge in [-0.3, -0.25) is 0 Å². The molecule has 8 heteroatoms. The molecule has 0 saturated carbocycles. The van der Waals surface area contributed by atoms with Crippen molar-refractivity contribution in [1.29, 1.82) is 0 Å². The number of aromatic hydroxyl groups is 1. The largest absolute Gasteiger partial charge is 0.505 e. The summed E-state index contributed by atoms with van der Waals surface area (Å²) < 4.78 is 0. The van der Waals surface area contributed by atoms with Gasteiger partial charge in [-0.25, -0.2) is 0 Å². The Labute approximate surface area is 144 Å². The fraction of sp³-hybridized carbons (Fsp3) is 0. The number of hydrogen-bond acceptors (Lipinski definition) is 1. The Bertz CT molecular complexity index is 240. The molecule has 0 bridgehead atoms. The summed E-state index contributed by atoms with van der Waals surface area (Å²) in [5, 5.41) is 9.01. The standard InChI is InChI=1S/C6HCl5O.La.Ni/c7-1-2(8)4(10)6(12)5(11)3(1)9;;/h12H;;. The number of rotatable bonds is 0. The summed E-state index contributed by atoms with van der Waals surface area (Å²) in [5.41, 5.74) is 0. The molecule has 0 aromatic heterocycles. The van der Waals surface area contributed by atoms with E-state index in [2.05, 4.69) is 0 Å². The molecule has 0 spiro atoms. The first-order chi connectivity index (χ1) is 5.46. The number of phenols is 1. The first-order valence-corrected chi connectivity index (χ1v) is 4.56. The Kier molecular flexibility index (Phi) is 9.89. The zero-order chi connectivity index (χ0) is 9.46. The van der Waals surface area contributed by atoms with Gasteiger partial charge in [0.2, 0.25) is 0 Å². The molecule has 1 aromatic carbocycles. The predicted octanol–water partition coefficient (Wildman–Crippen LogP) is 4.66. The van der Waals surface area contributed by atoms with Crippen molar-refractivity contribution >= 4 is 58.0 Å². The molecule has 0 unspecified atom stereocenters. The summed E-state index contributed by atoms with van der Waals surface area (Å²) in [6, 6.07) is 0. The maximum absolute atomic E-state index is 9.20. The average Bonchev–Trinajstić information content (AvgIpc) is 2.08. The smallest absolute Gasteiger partial charge is 0.155 e. The molecule has 1 aromatic rings. The van der Waals surface area contributed by atoms with Gasteiger partial charge in [0, 0.05) is 52.1 Å². The van der Waals surface area contributed by atoms with Crippen molar-refractivity contribution in [2.45, 2.75) is 0 Å². The molecule has 0 aliphatic rings. The molecular weight excluding hydrogens is 463 g/mol. The third-order valence-corrected chi connectivity index (χ3v) is 3.44. The van der Waals surface area contributed by atoms with Crippen LogP contribution in [0, 0.1) is 35.6 Å². The fourth-order valence-corrected chi connectivity index (χ4v) is 1.72. The Morgan fingerprint density at radius 3 is 1.14 bits per heavy atom. The summed E-state index contributed by atoms with van der Waals surface area (Å²) in [4.78, 5) is 0. The van der Waals surface area contributed by atoms with Crippen LogP contribution in [0.15, 0.2) is 0 Å². The molecule has 0 atom stereocenters. The van der Waals surface area contributed by atoms with Gasteiger partial charge in [0.1, 0.15) is 10.0 Å². The zero-order valence-electron chi connectivity index (χ0n) is 6.23. The number of phenolic OH excluding ortho intramolecular Hbond substituents is 1. The summed E-state index contributed by atoms with van der Waals surface area (Å²) in [7, 11) is 0. The second-order valence-corrected chi connectivity index (χ2v) is 3.81. The van der Waals surface area contributed by atoms with E-state index < -0.39 is 0 Å². The van der Waals surface area contributed by atoms with Gasteiger partial charge in [0.25, 0.3) is 0 Å². The molecule has 0 amide bonds. The minimum atomic E-state index is -0.363. The SMILES string of the molecule is Oc1c(Cl)c(Cl)c(Cl)c(Cl)c1Cl.[La].[Ni]. The molecule has 0 saturated heterocycles. The third kappa shape index (κ3) is 3.58. The molecule has 1 radical (unpaired) electrons. The molecule has 1 N–H and O–H groups in total. The van der Waals surface area contributed by atoms with E-state index in [0.29, 0.717) is 0 Å². The van der Waals surface area contributed by atoms with Crippen molar-refractivity contribution in [3.63, 3.8) is 0 Å². The summed E-state index contributed by atoms with van der Waals surface area (Å²) >= 11 is 27.9. The Morgan fingerprint density at radius 1 is 0.643 bits per heavy atom. The molecule has 0 fully saturated rings. The Morgan fingerprint density at radius 2 is 0.857 bits per heavy atom. The van der Waals surface area contributed by atoms with E-state index in [-0.39, 0.29) is 83.0 Å². The minimum absolute atomic E-state index is 0. The van der Waals surface area contributed by atoms with E-state index in [1.807, 2.05) is 0 Å². The maximum atomic E-state index is 9.20. The third-order valence-electron chi connectivity index (χ3n) is 1.19. The molecule has 14 heavy (non-hydrogen) atoms. The van der Waals surface area contributed by atoms with Gasteiger partial charge in [-0.2, -0.15) is 0 Å². The monoisotopic (exact) mass is 461 g/mol. The number of hydrogen-bond donors (Lipinski definition) is 1. The normalized spacial score (nSPS) is 8.93. The molecular formula is C6HCl5LaNiO. The van der Waals surface area contributed by atoms with E-state index in [4.69, 9.17) is 58.0 Å². The van der Waals surface area contributed by atoms with Gasteiger partial charge < -0.3 is 5.11 Å². The first-order valence-electron chi connectivity index (χ1n) is 2.67. The van der Waals surface area contributed by atoms with Gasteiger partial charge in [0.15, 0.2) is 5.75 Å². The van der Waals surface area contributed by atoms with Crippen LogP contribution in [0.1, 0.15) is 0 Å². The van der Waals surface area contributed by atoms with Crippen molar-refractivity contribution in [3.8, 4) is 5.75 Å². The van der Waals surface area contributed by atoms with Gasteiger partial charge in [0.05, 0.1) is 15.1 Å². The van der Waals surface area contributed by atoms with Crippen LogP contribution in [0.5, 0.6) is 5.75 Å².